The van der Waals surface area contributed by atoms with Gasteiger partial charge in [-0.1, -0.05) is 30.3 Å². The summed E-state index contributed by atoms with van der Waals surface area (Å²) in [6.07, 6.45) is -6.99. The highest BCUT2D eigenvalue weighted by atomic mass is 16.7. The third kappa shape index (κ3) is 3.60. The molecule has 8 nitrogen and oxygen atoms in total. The lowest BCUT2D eigenvalue weighted by molar-refractivity contribution is -0.277. The summed E-state index contributed by atoms with van der Waals surface area (Å²) < 4.78 is 16.5. The molecule has 0 aliphatic carbocycles. The Morgan fingerprint density at radius 3 is 2.43 bits per heavy atom. The molecule has 4 rings (SSSR count). The van der Waals surface area contributed by atoms with Crippen molar-refractivity contribution in [1.82, 2.24) is 0 Å². The normalized spacial score (nSPS) is 26.6. The van der Waals surface area contributed by atoms with E-state index in [0.717, 1.165) is 5.56 Å². The van der Waals surface area contributed by atoms with Crippen molar-refractivity contribution in [1.29, 1.82) is 0 Å². The Balaban J connectivity index is 1.73. The van der Waals surface area contributed by atoms with Gasteiger partial charge in [0.25, 0.3) is 0 Å². The minimum atomic E-state index is -1.55. The topological polar surface area (TPSA) is 130 Å². The number of hydrogen-bond donors (Lipinski definition) is 4. The SMILES string of the molecule is Cc1c(O[C@@H]2O[C@H](CO)[C@H](O)[C@H](O)[C@H]2O)ccc2c(-c3ccccc3)cc(=O)oc12. The molecule has 1 fully saturated rings. The Labute approximate surface area is 171 Å². The summed E-state index contributed by atoms with van der Waals surface area (Å²) in [5.74, 6) is 0.264. The van der Waals surface area contributed by atoms with Crippen LogP contribution in [0.15, 0.2) is 57.7 Å². The fourth-order valence-electron chi connectivity index (χ4n) is 3.62. The molecule has 4 N–H and O–H groups in total. The lowest BCUT2D eigenvalue weighted by atomic mass is 9.99. The van der Waals surface area contributed by atoms with E-state index < -0.39 is 42.9 Å². The van der Waals surface area contributed by atoms with Gasteiger partial charge in [-0.3, -0.25) is 0 Å². The van der Waals surface area contributed by atoms with Crippen LogP contribution in [0.3, 0.4) is 0 Å². The van der Waals surface area contributed by atoms with Crippen molar-refractivity contribution >= 4 is 11.0 Å². The minimum Gasteiger partial charge on any atom is -0.462 e. The zero-order valence-corrected chi connectivity index (χ0v) is 16.1. The molecule has 2 aromatic carbocycles. The molecule has 1 aliphatic heterocycles. The lowest BCUT2D eigenvalue weighted by Crippen LogP contribution is -2.60. The van der Waals surface area contributed by atoms with Crippen LogP contribution in [0.25, 0.3) is 22.1 Å². The molecule has 5 atom stereocenters. The van der Waals surface area contributed by atoms with Gasteiger partial charge in [-0.05, 0) is 30.2 Å². The summed E-state index contributed by atoms with van der Waals surface area (Å²) in [6, 6.07) is 14.2. The first kappa shape index (κ1) is 20.5. The second-order valence-electron chi connectivity index (χ2n) is 7.23. The van der Waals surface area contributed by atoms with Crippen LogP contribution in [0.1, 0.15) is 5.56 Å². The third-order valence-electron chi connectivity index (χ3n) is 5.29. The van der Waals surface area contributed by atoms with Crippen LogP contribution < -0.4 is 10.4 Å². The van der Waals surface area contributed by atoms with Crippen LogP contribution in [-0.4, -0.2) is 57.7 Å². The predicted octanol–water partition coefficient (Wildman–Crippen LogP) is 0.947. The van der Waals surface area contributed by atoms with Gasteiger partial charge in [-0.25, -0.2) is 4.79 Å². The van der Waals surface area contributed by atoms with E-state index >= 15 is 0 Å². The molecule has 30 heavy (non-hydrogen) atoms. The van der Waals surface area contributed by atoms with E-state index in [1.165, 1.54) is 6.07 Å². The molecule has 3 aromatic rings. The number of aryl methyl sites for hydroxylation is 1. The summed E-state index contributed by atoms with van der Waals surface area (Å²) in [4.78, 5) is 12.2. The van der Waals surface area contributed by atoms with E-state index in [2.05, 4.69) is 0 Å². The zero-order chi connectivity index (χ0) is 21.4. The summed E-state index contributed by atoms with van der Waals surface area (Å²) in [6.45, 7) is 1.14. The number of aliphatic hydroxyl groups excluding tert-OH is 4. The Kier molecular flexibility index (Phi) is 5.59. The first-order chi connectivity index (χ1) is 14.4. The first-order valence-corrected chi connectivity index (χ1v) is 9.50. The number of aliphatic hydroxyl groups is 4. The summed E-state index contributed by atoms with van der Waals surface area (Å²) in [5, 5.41) is 40.1. The van der Waals surface area contributed by atoms with Crippen LogP contribution >= 0.6 is 0 Å². The van der Waals surface area contributed by atoms with Crippen LogP contribution in [0.5, 0.6) is 5.75 Å². The zero-order valence-electron chi connectivity index (χ0n) is 16.1. The molecule has 0 unspecified atom stereocenters. The van der Waals surface area contributed by atoms with Gasteiger partial charge in [0.2, 0.25) is 6.29 Å². The lowest BCUT2D eigenvalue weighted by Gasteiger charge is -2.39. The number of benzene rings is 2. The van der Waals surface area contributed by atoms with Gasteiger partial charge in [-0.15, -0.1) is 0 Å². The molecule has 2 heterocycles. The largest absolute Gasteiger partial charge is 0.462 e. The summed E-state index contributed by atoms with van der Waals surface area (Å²) >= 11 is 0. The molecule has 0 amide bonds. The number of hydrogen-bond acceptors (Lipinski definition) is 8. The van der Waals surface area contributed by atoms with Gasteiger partial charge in [-0.2, -0.15) is 0 Å². The quantitative estimate of drug-likeness (QED) is 0.465. The maximum Gasteiger partial charge on any atom is 0.336 e. The van der Waals surface area contributed by atoms with Gasteiger partial charge in [0.1, 0.15) is 35.7 Å². The van der Waals surface area contributed by atoms with Crippen molar-refractivity contribution in [3.63, 3.8) is 0 Å². The van der Waals surface area contributed by atoms with E-state index in [4.69, 9.17) is 13.9 Å². The third-order valence-corrected chi connectivity index (χ3v) is 5.29. The van der Waals surface area contributed by atoms with Gasteiger partial charge < -0.3 is 34.3 Å². The second-order valence-corrected chi connectivity index (χ2v) is 7.23. The highest BCUT2D eigenvalue weighted by Gasteiger charge is 2.44. The Bertz CT molecular complexity index is 1090. The highest BCUT2D eigenvalue weighted by molar-refractivity contribution is 5.95. The van der Waals surface area contributed by atoms with E-state index in [-0.39, 0.29) is 5.75 Å². The molecular formula is C22H22O8. The van der Waals surface area contributed by atoms with E-state index in [1.807, 2.05) is 30.3 Å². The summed E-state index contributed by atoms with van der Waals surface area (Å²) in [5.41, 5.74) is 1.87. The average molecular weight is 414 g/mol. The number of rotatable bonds is 4. The average Bonchev–Trinajstić information content (AvgIpc) is 2.76. The monoisotopic (exact) mass is 414 g/mol. The van der Waals surface area contributed by atoms with Crippen LogP contribution in [0, 0.1) is 6.92 Å². The van der Waals surface area contributed by atoms with Gasteiger partial charge in [0, 0.05) is 17.0 Å². The van der Waals surface area contributed by atoms with Crippen LogP contribution in [0.4, 0.5) is 0 Å². The second kappa shape index (κ2) is 8.17. The van der Waals surface area contributed by atoms with Crippen molar-refractivity contribution in [2.24, 2.45) is 0 Å². The Morgan fingerprint density at radius 2 is 1.73 bits per heavy atom. The van der Waals surface area contributed by atoms with E-state index in [0.29, 0.717) is 22.1 Å². The van der Waals surface area contributed by atoms with E-state index in [9.17, 15) is 25.2 Å². The standard InChI is InChI=1S/C22H22O8/c1-11-15(28-22-20(27)19(26)18(25)16(10-23)29-22)8-7-13-14(9-17(24)30-21(11)13)12-5-3-2-4-6-12/h2-9,16,18-20,22-23,25-27H,10H2,1H3/t16-,18+,19+,20-,22-/m1/s1. The van der Waals surface area contributed by atoms with Crippen molar-refractivity contribution in [3.05, 3.63) is 64.5 Å². The molecule has 0 bridgehead atoms. The molecule has 1 aromatic heterocycles. The Hall–Kier alpha value is -2.75. The van der Waals surface area contributed by atoms with E-state index in [1.54, 1.807) is 19.1 Å². The molecule has 158 valence electrons. The van der Waals surface area contributed by atoms with Gasteiger partial charge >= 0.3 is 5.63 Å². The molecule has 0 spiro atoms. The molecule has 1 saturated heterocycles. The molecule has 0 saturated carbocycles. The summed E-state index contributed by atoms with van der Waals surface area (Å²) in [7, 11) is 0. The smallest absolute Gasteiger partial charge is 0.336 e. The van der Waals surface area contributed by atoms with Gasteiger partial charge in [0.15, 0.2) is 0 Å². The van der Waals surface area contributed by atoms with Crippen molar-refractivity contribution in [2.75, 3.05) is 6.61 Å². The minimum absolute atomic E-state index is 0.264. The molecule has 0 radical (unpaired) electrons. The van der Waals surface area contributed by atoms with Crippen molar-refractivity contribution in [2.45, 2.75) is 37.6 Å². The fraction of sp³-hybridized carbons (Fsp3) is 0.318. The molecule has 1 aliphatic rings. The highest BCUT2D eigenvalue weighted by Crippen LogP contribution is 2.34. The number of fused-ring (bicyclic) bond motifs is 1. The fourth-order valence-corrected chi connectivity index (χ4v) is 3.62. The predicted molar refractivity (Wildman–Crippen MR) is 107 cm³/mol. The Morgan fingerprint density at radius 1 is 1.00 bits per heavy atom. The first-order valence-electron chi connectivity index (χ1n) is 9.50. The van der Waals surface area contributed by atoms with Crippen LogP contribution in [-0.2, 0) is 4.74 Å². The molecule has 8 heteroatoms. The van der Waals surface area contributed by atoms with Crippen LogP contribution in [0.2, 0.25) is 0 Å². The number of ether oxygens (including phenoxy) is 2. The van der Waals surface area contributed by atoms with Crippen molar-refractivity contribution in [3.8, 4) is 16.9 Å². The van der Waals surface area contributed by atoms with Crippen molar-refractivity contribution < 1.29 is 34.3 Å². The van der Waals surface area contributed by atoms with Gasteiger partial charge in [0.05, 0.1) is 6.61 Å². The molecular weight excluding hydrogens is 392 g/mol. The maximum atomic E-state index is 12.2. The maximum absolute atomic E-state index is 12.2.